The van der Waals surface area contributed by atoms with Gasteiger partial charge in [-0.05, 0) is 36.6 Å². The molecule has 0 spiro atoms. The van der Waals surface area contributed by atoms with Crippen molar-refractivity contribution in [3.8, 4) is 11.5 Å². The van der Waals surface area contributed by atoms with Crippen LogP contribution in [0.2, 0.25) is 0 Å². The van der Waals surface area contributed by atoms with E-state index in [-0.39, 0.29) is 17.4 Å². The van der Waals surface area contributed by atoms with Crippen molar-refractivity contribution in [1.82, 2.24) is 0 Å². The Balaban J connectivity index is 3.36. The second-order valence-electron chi connectivity index (χ2n) is 3.62. The number of halogens is 1. The number of methoxy groups -OCH3 is 1. The molecule has 0 heterocycles. The van der Waals surface area contributed by atoms with E-state index in [1.54, 1.807) is 13.0 Å². The van der Waals surface area contributed by atoms with Gasteiger partial charge in [0.1, 0.15) is 0 Å². The Morgan fingerprint density at radius 3 is 2.67 bits per heavy atom. The van der Waals surface area contributed by atoms with Crippen LogP contribution >= 0.6 is 0 Å². The molecule has 1 atom stereocenters. The van der Waals surface area contributed by atoms with Crippen molar-refractivity contribution < 1.29 is 14.2 Å². The third-order valence-corrected chi connectivity index (χ3v) is 2.50. The van der Waals surface area contributed by atoms with Crippen LogP contribution in [0.15, 0.2) is 6.07 Å². The fourth-order valence-electron chi connectivity index (χ4n) is 1.45. The van der Waals surface area contributed by atoms with Crippen LogP contribution in [0.3, 0.4) is 0 Å². The summed E-state index contributed by atoms with van der Waals surface area (Å²) in [6.45, 7) is 3.88. The Hall–Kier alpha value is -1.29. The zero-order valence-corrected chi connectivity index (χ0v) is 9.17. The van der Waals surface area contributed by atoms with Crippen LogP contribution in [0.5, 0.6) is 11.5 Å². The largest absolute Gasteiger partial charge is 0.504 e. The molecule has 15 heavy (non-hydrogen) atoms. The first-order chi connectivity index (χ1) is 7.02. The highest BCUT2D eigenvalue weighted by Crippen LogP contribution is 2.36. The van der Waals surface area contributed by atoms with Gasteiger partial charge in [-0.1, -0.05) is 6.92 Å². The van der Waals surface area contributed by atoms with E-state index in [1.165, 1.54) is 7.11 Å². The second-order valence-corrected chi connectivity index (χ2v) is 3.62. The molecule has 1 unspecified atom stereocenters. The highest BCUT2D eigenvalue weighted by Gasteiger charge is 2.19. The minimum absolute atomic E-state index is 0.0989. The first kappa shape index (κ1) is 11.8. The summed E-state index contributed by atoms with van der Waals surface area (Å²) in [4.78, 5) is 0. The van der Waals surface area contributed by atoms with Crippen molar-refractivity contribution in [3.05, 3.63) is 23.0 Å². The average Bonchev–Trinajstić information content (AvgIpc) is 2.23. The second kappa shape index (κ2) is 4.49. The monoisotopic (exact) mass is 213 g/mol. The lowest BCUT2D eigenvalue weighted by molar-refractivity contribution is 0.346. The van der Waals surface area contributed by atoms with Crippen LogP contribution in [-0.4, -0.2) is 18.8 Å². The minimum atomic E-state index is -0.529. The summed E-state index contributed by atoms with van der Waals surface area (Å²) in [5, 5.41) is 9.56. The van der Waals surface area contributed by atoms with Crippen molar-refractivity contribution in [2.45, 2.75) is 19.8 Å². The lowest BCUT2D eigenvalue weighted by atomic mass is 9.97. The summed E-state index contributed by atoms with van der Waals surface area (Å²) in [5.74, 6) is -0.884. The van der Waals surface area contributed by atoms with Gasteiger partial charge < -0.3 is 15.6 Å². The van der Waals surface area contributed by atoms with Crippen molar-refractivity contribution in [3.63, 3.8) is 0 Å². The van der Waals surface area contributed by atoms with Crippen molar-refractivity contribution in [2.75, 3.05) is 13.7 Å². The van der Waals surface area contributed by atoms with Gasteiger partial charge in [0.2, 0.25) is 0 Å². The minimum Gasteiger partial charge on any atom is -0.504 e. The molecule has 0 aliphatic carbocycles. The Morgan fingerprint density at radius 1 is 1.60 bits per heavy atom. The highest BCUT2D eigenvalue weighted by atomic mass is 19.1. The molecule has 1 aromatic rings. The number of phenolic OH excluding ortho intramolecular Hbond substituents is 1. The van der Waals surface area contributed by atoms with Crippen LogP contribution < -0.4 is 10.5 Å². The summed E-state index contributed by atoms with van der Waals surface area (Å²) < 4.78 is 18.6. The topological polar surface area (TPSA) is 55.5 Å². The molecule has 0 aromatic heterocycles. The fraction of sp³-hybridized carbons (Fsp3) is 0.455. The predicted molar refractivity (Wildman–Crippen MR) is 56.8 cm³/mol. The molecule has 0 aliphatic rings. The molecule has 0 bridgehead atoms. The number of hydrogen-bond donors (Lipinski definition) is 2. The molecule has 84 valence electrons. The molecule has 1 rings (SSSR count). The number of nitrogens with two attached hydrogens (primary N) is 1. The molecule has 0 saturated heterocycles. The summed E-state index contributed by atoms with van der Waals surface area (Å²) in [6, 6.07) is 1.60. The quantitative estimate of drug-likeness (QED) is 0.806. The number of aromatic hydroxyl groups is 1. The Kier molecular flexibility index (Phi) is 3.52. The van der Waals surface area contributed by atoms with Crippen LogP contribution in [-0.2, 0) is 0 Å². The summed E-state index contributed by atoms with van der Waals surface area (Å²) in [7, 11) is 1.33. The molecule has 4 heteroatoms. The number of benzene rings is 1. The molecule has 3 N–H and O–H groups in total. The van der Waals surface area contributed by atoms with Crippen molar-refractivity contribution >= 4 is 0 Å². The Morgan fingerprint density at radius 2 is 2.20 bits per heavy atom. The maximum Gasteiger partial charge on any atom is 0.197 e. The third kappa shape index (κ3) is 2.04. The normalized spacial score (nSPS) is 12.6. The van der Waals surface area contributed by atoms with E-state index in [0.29, 0.717) is 17.7 Å². The first-order valence-corrected chi connectivity index (χ1v) is 4.78. The zero-order chi connectivity index (χ0) is 11.6. The molecule has 1 aromatic carbocycles. The summed E-state index contributed by atoms with van der Waals surface area (Å²) >= 11 is 0. The number of ether oxygens (including phenoxy) is 1. The van der Waals surface area contributed by atoms with Crippen LogP contribution in [0, 0.1) is 12.7 Å². The SMILES string of the molecule is COc1c(O)c(C)cc(C(C)CN)c1F. The molecular weight excluding hydrogens is 197 g/mol. The van der Waals surface area contributed by atoms with Crippen LogP contribution in [0.25, 0.3) is 0 Å². The standard InChI is InChI=1S/C11H16FNO2/c1-6-4-8(7(2)5-13)9(12)11(15-3)10(6)14/h4,7,14H,5,13H2,1-3H3. The third-order valence-electron chi connectivity index (χ3n) is 2.50. The summed E-state index contributed by atoms with van der Waals surface area (Å²) in [6.07, 6.45) is 0. The Labute approximate surface area is 88.7 Å². The van der Waals surface area contributed by atoms with E-state index >= 15 is 0 Å². The molecule has 0 aliphatic heterocycles. The van der Waals surface area contributed by atoms with Gasteiger partial charge in [-0.15, -0.1) is 0 Å². The average molecular weight is 213 g/mol. The van der Waals surface area contributed by atoms with E-state index in [1.807, 2.05) is 6.92 Å². The predicted octanol–water partition coefficient (Wildman–Crippen LogP) is 1.91. The van der Waals surface area contributed by atoms with Gasteiger partial charge in [-0.25, -0.2) is 4.39 Å². The van der Waals surface area contributed by atoms with Gasteiger partial charge >= 0.3 is 0 Å². The van der Waals surface area contributed by atoms with Gasteiger partial charge in [0, 0.05) is 0 Å². The van der Waals surface area contributed by atoms with Gasteiger partial charge in [-0.2, -0.15) is 0 Å². The molecule has 0 fully saturated rings. The molecule has 0 amide bonds. The highest BCUT2D eigenvalue weighted by molar-refractivity contribution is 5.50. The van der Waals surface area contributed by atoms with Gasteiger partial charge in [0.05, 0.1) is 7.11 Å². The lowest BCUT2D eigenvalue weighted by Gasteiger charge is -2.15. The zero-order valence-electron chi connectivity index (χ0n) is 9.17. The molecule has 3 nitrogen and oxygen atoms in total. The van der Waals surface area contributed by atoms with Crippen LogP contribution in [0.1, 0.15) is 24.0 Å². The molecule has 0 radical (unpaired) electrons. The van der Waals surface area contributed by atoms with E-state index in [4.69, 9.17) is 10.5 Å². The number of rotatable bonds is 3. The lowest BCUT2D eigenvalue weighted by Crippen LogP contribution is -2.11. The summed E-state index contributed by atoms with van der Waals surface area (Å²) in [5.41, 5.74) is 6.55. The number of phenols is 1. The van der Waals surface area contributed by atoms with Gasteiger partial charge in [0.25, 0.3) is 0 Å². The van der Waals surface area contributed by atoms with E-state index in [2.05, 4.69) is 0 Å². The van der Waals surface area contributed by atoms with Crippen molar-refractivity contribution in [2.24, 2.45) is 5.73 Å². The van der Waals surface area contributed by atoms with E-state index in [9.17, 15) is 9.50 Å². The van der Waals surface area contributed by atoms with E-state index in [0.717, 1.165) is 0 Å². The first-order valence-electron chi connectivity index (χ1n) is 4.78. The Bertz CT molecular complexity index is 366. The smallest absolute Gasteiger partial charge is 0.197 e. The van der Waals surface area contributed by atoms with Crippen molar-refractivity contribution in [1.29, 1.82) is 0 Å². The molecule has 0 saturated carbocycles. The maximum absolute atomic E-state index is 13.8. The fourth-order valence-corrected chi connectivity index (χ4v) is 1.45. The number of hydrogen-bond acceptors (Lipinski definition) is 3. The van der Waals surface area contributed by atoms with Gasteiger partial charge in [-0.3, -0.25) is 0 Å². The van der Waals surface area contributed by atoms with Gasteiger partial charge in [0.15, 0.2) is 17.3 Å². The number of aryl methyl sites for hydroxylation is 1. The van der Waals surface area contributed by atoms with Crippen LogP contribution in [0.4, 0.5) is 4.39 Å². The van der Waals surface area contributed by atoms with E-state index < -0.39 is 5.82 Å². The molecular formula is C11H16FNO2. The maximum atomic E-state index is 13.8.